The van der Waals surface area contributed by atoms with Crippen molar-refractivity contribution in [3.63, 3.8) is 0 Å². The van der Waals surface area contributed by atoms with Crippen LogP contribution in [-0.2, 0) is 0 Å². The maximum absolute atomic E-state index is 5.25. The van der Waals surface area contributed by atoms with Gasteiger partial charge in [0.1, 0.15) is 11.6 Å². The predicted molar refractivity (Wildman–Crippen MR) is 109 cm³/mol. The summed E-state index contributed by atoms with van der Waals surface area (Å²) in [7, 11) is 1.81. The largest absolute Gasteiger partial charge is 0.365 e. The first-order valence-corrected chi connectivity index (χ1v) is 9.97. The molecular formula is C18H30N6S. The quantitative estimate of drug-likeness (QED) is 0.801. The highest BCUT2D eigenvalue weighted by atomic mass is 32.1. The van der Waals surface area contributed by atoms with E-state index in [1.807, 2.05) is 7.05 Å². The van der Waals surface area contributed by atoms with Crippen LogP contribution in [0, 0.1) is 0 Å². The minimum atomic E-state index is 0.518. The zero-order valence-electron chi connectivity index (χ0n) is 15.4. The monoisotopic (exact) mass is 362 g/mol. The number of piperidine rings is 1. The van der Waals surface area contributed by atoms with Gasteiger partial charge >= 0.3 is 0 Å². The summed E-state index contributed by atoms with van der Waals surface area (Å²) < 4.78 is 0. The topological polar surface area (TPSA) is 56.3 Å². The molecular weight excluding hydrogens is 332 g/mol. The summed E-state index contributed by atoms with van der Waals surface area (Å²) in [5.74, 6) is 2.63. The maximum Gasteiger partial charge on any atom is 0.232 e. The van der Waals surface area contributed by atoms with Crippen molar-refractivity contribution >= 4 is 34.9 Å². The van der Waals surface area contributed by atoms with Crippen LogP contribution < -0.4 is 20.4 Å². The molecule has 0 amide bonds. The lowest BCUT2D eigenvalue weighted by atomic mass is 10.0. The van der Waals surface area contributed by atoms with Gasteiger partial charge in [-0.05, 0) is 51.2 Å². The molecule has 1 aromatic rings. The van der Waals surface area contributed by atoms with Gasteiger partial charge in [0.2, 0.25) is 5.95 Å². The smallest absolute Gasteiger partial charge is 0.232 e. The van der Waals surface area contributed by atoms with Gasteiger partial charge < -0.3 is 20.4 Å². The van der Waals surface area contributed by atoms with Crippen LogP contribution in [0.3, 0.4) is 0 Å². The molecule has 1 unspecified atom stereocenters. The third-order valence-corrected chi connectivity index (χ3v) is 5.48. The summed E-state index contributed by atoms with van der Waals surface area (Å²) in [6, 6.07) is 2.69. The van der Waals surface area contributed by atoms with Gasteiger partial charge in [-0.15, -0.1) is 0 Å². The molecule has 2 aliphatic heterocycles. The molecule has 0 aliphatic carbocycles. The van der Waals surface area contributed by atoms with Crippen molar-refractivity contribution in [1.29, 1.82) is 0 Å². The van der Waals surface area contributed by atoms with Gasteiger partial charge in [-0.3, -0.25) is 0 Å². The van der Waals surface area contributed by atoms with Crippen molar-refractivity contribution in [2.24, 2.45) is 0 Å². The number of thiocarbonyl (C=S) groups is 1. The van der Waals surface area contributed by atoms with E-state index in [1.165, 1.54) is 44.9 Å². The lowest BCUT2D eigenvalue weighted by molar-refractivity contribution is 0.481. The van der Waals surface area contributed by atoms with Crippen LogP contribution in [0.2, 0.25) is 0 Å². The lowest BCUT2D eigenvalue weighted by Crippen LogP contribution is -2.38. The zero-order chi connectivity index (χ0) is 17.6. The second kappa shape index (κ2) is 8.65. The highest BCUT2D eigenvalue weighted by Crippen LogP contribution is 2.28. The molecule has 7 heteroatoms. The molecule has 3 rings (SSSR count). The number of hydrogen-bond donors (Lipinski definition) is 2. The first-order chi connectivity index (χ1) is 12.2. The average Bonchev–Trinajstić information content (AvgIpc) is 2.91. The molecule has 1 aromatic heterocycles. The SMILES string of the molecule is CNC(=S)Nc1nc(N2CCCCCC2)cc(N2CCCCC2C)n1. The minimum Gasteiger partial charge on any atom is -0.365 e. The number of nitrogens with zero attached hydrogens (tertiary/aromatic N) is 4. The zero-order valence-corrected chi connectivity index (χ0v) is 16.2. The molecule has 2 fully saturated rings. The second-order valence-electron chi connectivity index (χ2n) is 7.05. The fourth-order valence-electron chi connectivity index (χ4n) is 3.69. The van der Waals surface area contributed by atoms with Crippen LogP contribution >= 0.6 is 12.2 Å². The van der Waals surface area contributed by atoms with E-state index in [1.54, 1.807) is 0 Å². The van der Waals surface area contributed by atoms with Crippen molar-refractivity contribution in [2.45, 2.75) is 57.9 Å². The molecule has 0 saturated carbocycles. The number of aromatic nitrogens is 2. The summed E-state index contributed by atoms with van der Waals surface area (Å²) in [6.45, 7) is 5.50. The van der Waals surface area contributed by atoms with Gasteiger partial charge in [-0.1, -0.05) is 12.8 Å². The predicted octanol–water partition coefficient (Wildman–Crippen LogP) is 3.15. The van der Waals surface area contributed by atoms with Gasteiger partial charge in [0, 0.05) is 38.8 Å². The van der Waals surface area contributed by atoms with Gasteiger partial charge in [0.05, 0.1) is 0 Å². The van der Waals surface area contributed by atoms with Crippen molar-refractivity contribution in [3.8, 4) is 0 Å². The molecule has 1 atom stereocenters. The lowest BCUT2D eigenvalue weighted by Gasteiger charge is -2.35. The average molecular weight is 363 g/mol. The third kappa shape index (κ3) is 4.71. The van der Waals surface area contributed by atoms with E-state index in [0.29, 0.717) is 17.1 Å². The molecule has 2 N–H and O–H groups in total. The Hall–Kier alpha value is -1.63. The molecule has 6 nitrogen and oxygen atoms in total. The summed E-state index contributed by atoms with van der Waals surface area (Å²) in [4.78, 5) is 14.3. The summed E-state index contributed by atoms with van der Waals surface area (Å²) >= 11 is 5.25. The molecule has 0 bridgehead atoms. The van der Waals surface area contributed by atoms with Crippen LogP contribution in [0.25, 0.3) is 0 Å². The maximum atomic E-state index is 5.25. The highest BCUT2D eigenvalue weighted by molar-refractivity contribution is 7.80. The Morgan fingerprint density at radius 3 is 2.40 bits per heavy atom. The molecule has 138 valence electrons. The highest BCUT2D eigenvalue weighted by Gasteiger charge is 2.22. The van der Waals surface area contributed by atoms with E-state index < -0.39 is 0 Å². The molecule has 0 radical (unpaired) electrons. The second-order valence-corrected chi connectivity index (χ2v) is 7.46. The summed E-state index contributed by atoms with van der Waals surface area (Å²) in [5.41, 5.74) is 0. The Kier molecular flexibility index (Phi) is 6.29. The van der Waals surface area contributed by atoms with Gasteiger partial charge in [0.15, 0.2) is 5.11 Å². The molecule has 25 heavy (non-hydrogen) atoms. The Labute approximate surface area is 156 Å². The van der Waals surface area contributed by atoms with E-state index in [9.17, 15) is 0 Å². The van der Waals surface area contributed by atoms with Crippen LogP contribution in [0.5, 0.6) is 0 Å². The van der Waals surface area contributed by atoms with Crippen molar-refractivity contribution in [2.75, 3.05) is 41.8 Å². The van der Waals surface area contributed by atoms with Gasteiger partial charge in [-0.25, -0.2) is 0 Å². The van der Waals surface area contributed by atoms with Crippen LogP contribution in [-0.4, -0.2) is 47.8 Å². The third-order valence-electron chi connectivity index (χ3n) is 5.18. The van der Waals surface area contributed by atoms with Crippen molar-refractivity contribution in [3.05, 3.63) is 6.07 Å². The number of hydrogen-bond acceptors (Lipinski definition) is 5. The van der Waals surface area contributed by atoms with Crippen molar-refractivity contribution in [1.82, 2.24) is 15.3 Å². The minimum absolute atomic E-state index is 0.518. The molecule has 0 spiro atoms. The first kappa shape index (κ1) is 18.2. The fourth-order valence-corrected chi connectivity index (χ4v) is 3.78. The Morgan fingerprint density at radius 1 is 1.04 bits per heavy atom. The van der Waals surface area contributed by atoms with E-state index in [2.05, 4.69) is 33.4 Å². The molecule has 2 aliphatic rings. The molecule has 3 heterocycles. The Balaban J connectivity index is 1.90. The van der Waals surface area contributed by atoms with E-state index >= 15 is 0 Å². The van der Waals surface area contributed by atoms with Crippen LogP contribution in [0.1, 0.15) is 51.9 Å². The fraction of sp³-hybridized carbons (Fsp3) is 0.722. The van der Waals surface area contributed by atoms with Gasteiger partial charge in [0.25, 0.3) is 0 Å². The summed E-state index contributed by atoms with van der Waals surface area (Å²) in [5, 5.41) is 6.62. The molecule has 2 saturated heterocycles. The van der Waals surface area contributed by atoms with E-state index in [0.717, 1.165) is 31.3 Å². The van der Waals surface area contributed by atoms with E-state index in [-0.39, 0.29) is 0 Å². The number of anilines is 3. The Bertz CT molecular complexity index is 585. The Morgan fingerprint density at radius 2 is 1.72 bits per heavy atom. The number of nitrogens with one attached hydrogen (secondary N) is 2. The number of rotatable bonds is 3. The van der Waals surface area contributed by atoms with Crippen molar-refractivity contribution < 1.29 is 0 Å². The normalized spacial score (nSPS) is 21.6. The molecule has 0 aromatic carbocycles. The van der Waals surface area contributed by atoms with Gasteiger partial charge in [-0.2, -0.15) is 9.97 Å². The standard InChI is InChI=1S/C18H30N6S/c1-14-9-5-8-12-24(14)16-13-15(23-10-6-3-4-7-11-23)20-17(21-16)22-18(25)19-2/h13-14H,3-12H2,1-2H3,(H2,19,20,21,22,25). The van der Waals surface area contributed by atoms with Crippen LogP contribution in [0.15, 0.2) is 6.07 Å². The summed E-state index contributed by atoms with van der Waals surface area (Å²) in [6.07, 6.45) is 8.84. The first-order valence-electron chi connectivity index (χ1n) is 9.57. The van der Waals surface area contributed by atoms with Crippen LogP contribution in [0.4, 0.5) is 17.6 Å². The van der Waals surface area contributed by atoms with E-state index in [4.69, 9.17) is 22.2 Å².